The predicted molar refractivity (Wildman–Crippen MR) is 115 cm³/mol. The Morgan fingerprint density at radius 1 is 0.741 bits per heavy atom. The van der Waals surface area contributed by atoms with Crippen molar-refractivity contribution in [1.82, 2.24) is 0 Å². The normalized spacial score (nSPS) is 13.5. The van der Waals surface area contributed by atoms with Gasteiger partial charge in [0.25, 0.3) is 0 Å². The molecule has 0 aliphatic rings. The zero-order valence-corrected chi connectivity index (χ0v) is 20.0. The standard InChI is InChI=1S/C22H39O4P/c1-12-25-27(26-13-2)19-17(21(6,7)23-10)14-16(20(3,4)5)15-18(19)22(8,9)24-11/h14-15H,12-13H2,1-11H3. The first-order valence-electron chi connectivity index (χ1n) is 9.71. The maximum absolute atomic E-state index is 6.09. The molecule has 0 saturated heterocycles. The van der Waals surface area contributed by atoms with Crippen molar-refractivity contribution in [1.29, 1.82) is 0 Å². The summed E-state index contributed by atoms with van der Waals surface area (Å²) in [7, 11) is 2.25. The molecular weight excluding hydrogens is 359 g/mol. The Bertz CT molecular complexity index is 574. The van der Waals surface area contributed by atoms with Crippen molar-refractivity contribution >= 4 is 13.7 Å². The fourth-order valence-corrected chi connectivity index (χ4v) is 4.67. The molecular formula is C22H39O4P. The Morgan fingerprint density at radius 2 is 1.11 bits per heavy atom. The van der Waals surface area contributed by atoms with E-state index in [4.69, 9.17) is 18.5 Å². The molecule has 0 heterocycles. The van der Waals surface area contributed by atoms with Gasteiger partial charge in [0.1, 0.15) is 0 Å². The first kappa shape index (κ1) is 24.5. The molecule has 1 aromatic carbocycles. The molecule has 0 unspecified atom stereocenters. The number of methoxy groups -OCH3 is 2. The van der Waals surface area contributed by atoms with Gasteiger partial charge >= 0.3 is 0 Å². The van der Waals surface area contributed by atoms with Crippen molar-refractivity contribution in [3.8, 4) is 0 Å². The van der Waals surface area contributed by atoms with E-state index in [9.17, 15) is 0 Å². The summed E-state index contributed by atoms with van der Waals surface area (Å²) in [6.45, 7) is 20.2. The monoisotopic (exact) mass is 398 g/mol. The molecule has 1 aromatic rings. The molecule has 0 amide bonds. The van der Waals surface area contributed by atoms with Gasteiger partial charge in [0.2, 0.25) is 8.38 Å². The molecule has 0 N–H and O–H groups in total. The quantitative estimate of drug-likeness (QED) is 0.496. The Kier molecular flexibility index (Phi) is 8.47. The summed E-state index contributed by atoms with van der Waals surface area (Å²) >= 11 is 0. The van der Waals surface area contributed by atoms with Crippen molar-refractivity contribution in [2.75, 3.05) is 27.4 Å². The van der Waals surface area contributed by atoms with E-state index < -0.39 is 19.6 Å². The van der Waals surface area contributed by atoms with Crippen LogP contribution in [0.15, 0.2) is 12.1 Å². The first-order chi connectivity index (χ1) is 12.4. The Morgan fingerprint density at radius 3 is 1.37 bits per heavy atom. The second kappa shape index (κ2) is 9.33. The van der Waals surface area contributed by atoms with Crippen LogP contribution in [0.25, 0.3) is 0 Å². The minimum absolute atomic E-state index is 0.00431. The summed E-state index contributed by atoms with van der Waals surface area (Å²) < 4.78 is 24.0. The van der Waals surface area contributed by atoms with Crippen molar-refractivity contribution in [3.63, 3.8) is 0 Å². The molecule has 0 fully saturated rings. The van der Waals surface area contributed by atoms with Gasteiger partial charge in [-0.1, -0.05) is 32.9 Å². The molecule has 4 nitrogen and oxygen atoms in total. The zero-order chi connectivity index (χ0) is 21.0. The van der Waals surface area contributed by atoms with Gasteiger partial charge < -0.3 is 18.5 Å². The van der Waals surface area contributed by atoms with Crippen LogP contribution in [-0.4, -0.2) is 27.4 Å². The van der Waals surface area contributed by atoms with E-state index in [-0.39, 0.29) is 5.41 Å². The molecule has 27 heavy (non-hydrogen) atoms. The average molecular weight is 399 g/mol. The molecule has 0 spiro atoms. The minimum atomic E-state index is -1.25. The first-order valence-corrected chi connectivity index (χ1v) is 10.9. The largest absolute Gasteiger partial charge is 0.374 e. The van der Waals surface area contributed by atoms with Crippen LogP contribution in [0.3, 0.4) is 0 Å². The fourth-order valence-electron chi connectivity index (χ4n) is 2.80. The van der Waals surface area contributed by atoms with E-state index in [0.29, 0.717) is 13.2 Å². The minimum Gasteiger partial charge on any atom is -0.374 e. The van der Waals surface area contributed by atoms with E-state index in [1.807, 2.05) is 13.8 Å². The van der Waals surface area contributed by atoms with Gasteiger partial charge in [-0.05, 0) is 63.6 Å². The number of hydrogen-bond donors (Lipinski definition) is 0. The molecule has 0 saturated carbocycles. The second-order valence-corrected chi connectivity index (χ2v) is 10.2. The highest BCUT2D eigenvalue weighted by atomic mass is 31.2. The van der Waals surface area contributed by atoms with E-state index in [1.54, 1.807) is 14.2 Å². The van der Waals surface area contributed by atoms with Crippen LogP contribution < -0.4 is 5.30 Å². The third-order valence-corrected chi connectivity index (χ3v) is 6.80. The molecule has 0 atom stereocenters. The van der Waals surface area contributed by atoms with Gasteiger partial charge in [-0.3, -0.25) is 0 Å². The molecule has 0 bridgehead atoms. The van der Waals surface area contributed by atoms with Gasteiger partial charge in [0.05, 0.1) is 24.4 Å². The van der Waals surface area contributed by atoms with Crippen LogP contribution in [0, 0.1) is 0 Å². The molecule has 0 aliphatic heterocycles. The maximum Gasteiger partial charge on any atom is 0.205 e. The molecule has 1 rings (SSSR count). The molecule has 5 heteroatoms. The maximum atomic E-state index is 6.09. The highest BCUT2D eigenvalue weighted by Crippen LogP contribution is 2.46. The van der Waals surface area contributed by atoms with E-state index in [2.05, 4.69) is 60.6 Å². The Balaban J connectivity index is 3.97. The van der Waals surface area contributed by atoms with Crippen molar-refractivity contribution in [2.24, 2.45) is 0 Å². The number of benzene rings is 1. The van der Waals surface area contributed by atoms with Crippen molar-refractivity contribution in [3.05, 3.63) is 28.8 Å². The summed E-state index contributed by atoms with van der Waals surface area (Å²) in [5, 5.41) is 1.07. The van der Waals surface area contributed by atoms with Gasteiger partial charge in [-0.25, -0.2) is 0 Å². The summed E-state index contributed by atoms with van der Waals surface area (Å²) in [6, 6.07) is 4.50. The number of ether oxygens (including phenoxy) is 2. The number of rotatable bonds is 9. The van der Waals surface area contributed by atoms with Gasteiger partial charge in [-0.2, -0.15) is 0 Å². The van der Waals surface area contributed by atoms with Gasteiger partial charge in [0.15, 0.2) is 0 Å². The van der Waals surface area contributed by atoms with Gasteiger partial charge in [-0.15, -0.1) is 0 Å². The third-order valence-electron chi connectivity index (χ3n) is 4.97. The lowest BCUT2D eigenvalue weighted by Gasteiger charge is -2.36. The van der Waals surface area contributed by atoms with E-state index in [1.165, 1.54) is 5.56 Å². The summed E-state index contributed by atoms with van der Waals surface area (Å²) in [5.74, 6) is 0. The SMILES string of the molecule is CCOP(OCC)c1c(C(C)(C)OC)cc(C(C)(C)C)cc1C(C)(C)OC. The summed E-state index contributed by atoms with van der Waals surface area (Å²) in [5.41, 5.74) is 2.48. The topological polar surface area (TPSA) is 36.9 Å². The van der Waals surface area contributed by atoms with Crippen LogP contribution in [-0.2, 0) is 35.1 Å². The summed E-state index contributed by atoms with van der Waals surface area (Å²) in [4.78, 5) is 0. The van der Waals surface area contributed by atoms with Crippen LogP contribution in [0.1, 0.15) is 79.0 Å². The molecule has 0 aromatic heterocycles. The lowest BCUT2D eigenvalue weighted by molar-refractivity contribution is 0.0147. The zero-order valence-electron chi connectivity index (χ0n) is 19.1. The smallest absolute Gasteiger partial charge is 0.205 e. The second-order valence-electron chi connectivity index (χ2n) is 8.69. The van der Waals surface area contributed by atoms with Crippen LogP contribution in [0.2, 0.25) is 0 Å². The highest BCUT2D eigenvalue weighted by Gasteiger charge is 2.37. The highest BCUT2D eigenvalue weighted by molar-refractivity contribution is 7.56. The lowest BCUT2D eigenvalue weighted by Crippen LogP contribution is -2.36. The number of hydrogen-bond acceptors (Lipinski definition) is 4. The molecule has 0 aliphatic carbocycles. The average Bonchev–Trinajstić information content (AvgIpc) is 2.59. The van der Waals surface area contributed by atoms with Gasteiger partial charge in [0, 0.05) is 19.5 Å². The lowest BCUT2D eigenvalue weighted by atomic mass is 9.80. The fraction of sp³-hybridized carbons (Fsp3) is 0.727. The van der Waals surface area contributed by atoms with E-state index >= 15 is 0 Å². The van der Waals surface area contributed by atoms with Crippen LogP contribution >= 0.6 is 8.38 Å². The van der Waals surface area contributed by atoms with Crippen LogP contribution in [0.4, 0.5) is 0 Å². The van der Waals surface area contributed by atoms with E-state index in [0.717, 1.165) is 16.4 Å². The molecule has 156 valence electrons. The Labute approximate surface area is 167 Å². The predicted octanol–water partition coefficient (Wildman–Crippen LogP) is 5.76. The molecule has 0 radical (unpaired) electrons. The third kappa shape index (κ3) is 5.74. The van der Waals surface area contributed by atoms with Crippen molar-refractivity contribution in [2.45, 2.75) is 78.9 Å². The van der Waals surface area contributed by atoms with Crippen LogP contribution in [0.5, 0.6) is 0 Å². The summed E-state index contributed by atoms with van der Waals surface area (Å²) in [6.07, 6.45) is 0. The van der Waals surface area contributed by atoms with Crippen molar-refractivity contribution < 1.29 is 18.5 Å². The Hall–Kier alpha value is -0.510.